The minimum absolute atomic E-state index is 0.0580. The van der Waals surface area contributed by atoms with E-state index < -0.39 is 12.0 Å². The summed E-state index contributed by atoms with van der Waals surface area (Å²) >= 11 is 0. The van der Waals surface area contributed by atoms with Gasteiger partial charge in [-0.15, -0.1) is 0 Å². The van der Waals surface area contributed by atoms with Gasteiger partial charge in [0, 0.05) is 19.4 Å². The van der Waals surface area contributed by atoms with Gasteiger partial charge in [0.15, 0.2) is 0 Å². The van der Waals surface area contributed by atoms with Crippen molar-refractivity contribution in [3.63, 3.8) is 0 Å². The Bertz CT molecular complexity index is 669. The molecule has 2 amide bonds. The number of unbranched alkanes of at least 4 members (excludes halogenated alkanes) is 28. The lowest BCUT2D eigenvalue weighted by Gasteiger charge is -2.15. The molecule has 0 aromatic carbocycles. The van der Waals surface area contributed by atoms with Gasteiger partial charge in [-0.3, -0.25) is 9.59 Å². The maximum Gasteiger partial charge on any atom is 0.328 e. The van der Waals surface area contributed by atoms with Crippen molar-refractivity contribution in [3.8, 4) is 0 Å². The molecule has 0 radical (unpaired) electrons. The van der Waals surface area contributed by atoms with E-state index in [2.05, 4.69) is 24.5 Å². The molecule has 266 valence electrons. The molecule has 0 rings (SSSR count). The number of amides is 2. The fraction of sp³-hybridized carbons (Fsp3) is 0.923. The SMILES string of the molecule is CCCCCCCCCCCCCCCCCC(=O)NCC(NC(=O)CCCCCCCCCCCCCCCCC)C(=O)O. The van der Waals surface area contributed by atoms with Crippen LogP contribution in [0.15, 0.2) is 0 Å². The van der Waals surface area contributed by atoms with Crippen LogP contribution < -0.4 is 10.6 Å². The van der Waals surface area contributed by atoms with Crippen molar-refractivity contribution >= 4 is 17.8 Å². The molecule has 45 heavy (non-hydrogen) atoms. The van der Waals surface area contributed by atoms with Crippen molar-refractivity contribution in [2.75, 3.05) is 6.54 Å². The highest BCUT2D eigenvalue weighted by Crippen LogP contribution is 2.15. The third-order valence-electron chi connectivity index (χ3n) is 9.15. The maximum absolute atomic E-state index is 12.3. The number of rotatable bonds is 36. The van der Waals surface area contributed by atoms with Crippen molar-refractivity contribution in [1.29, 1.82) is 0 Å². The number of aliphatic carboxylic acids is 1. The van der Waals surface area contributed by atoms with E-state index in [1.807, 2.05) is 0 Å². The molecule has 0 fully saturated rings. The lowest BCUT2D eigenvalue weighted by molar-refractivity contribution is -0.141. The number of carbonyl (C=O) groups excluding carboxylic acids is 2. The molecule has 6 nitrogen and oxygen atoms in total. The Hall–Kier alpha value is -1.59. The summed E-state index contributed by atoms with van der Waals surface area (Å²) in [6.07, 6.45) is 39.0. The van der Waals surface area contributed by atoms with Gasteiger partial charge in [-0.05, 0) is 12.8 Å². The Morgan fingerprint density at radius 2 is 0.689 bits per heavy atom. The molecule has 0 aliphatic heterocycles. The third-order valence-corrected chi connectivity index (χ3v) is 9.15. The first-order valence-corrected chi connectivity index (χ1v) is 19.8. The van der Waals surface area contributed by atoms with Gasteiger partial charge in [0.05, 0.1) is 0 Å². The first kappa shape index (κ1) is 43.4. The zero-order valence-electron chi connectivity index (χ0n) is 30.1. The highest BCUT2D eigenvalue weighted by atomic mass is 16.4. The highest BCUT2D eigenvalue weighted by molar-refractivity contribution is 5.84. The summed E-state index contributed by atoms with van der Waals surface area (Å²) in [7, 11) is 0. The summed E-state index contributed by atoms with van der Waals surface area (Å²) in [6, 6.07) is -1.07. The Morgan fingerprint density at radius 3 is 0.978 bits per heavy atom. The van der Waals surface area contributed by atoms with Crippen LogP contribution in [0.25, 0.3) is 0 Å². The van der Waals surface area contributed by atoms with Crippen molar-refractivity contribution in [2.24, 2.45) is 0 Å². The number of carbonyl (C=O) groups is 3. The number of carboxylic acids is 1. The molecule has 1 unspecified atom stereocenters. The second kappa shape index (κ2) is 35.3. The van der Waals surface area contributed by atoms with Crippen molar-refractivity contribution in [3.05, 3.63) is 0 Å². The minimum Gasteiger partial charge on any atom is -0.480 e. The van der Waals surface area contributed by atoms with Crippen LogP contribution in [0.2, 0.25) is 0 Å². The Morgan fingerprint density at radius 1 is 0.422 bits per heavy atom. The molecule has 0 heterocycles. The average Bonchev–Trinajstić information content (AvgIpc) is 3.02. The molecule has 0 spiro atoms. The van der Waals surface area contributed by atoms with E-state index in [4.69, 9.17) is 0 Å². The molecular weight excluding hydrogens is 560 g/mol. The van der Waals surface area contributed by atoms with Crippen LogP contribution >= 0.6 is 0 Å². The van der Waals surface area contributed by atoms with Gasteiger partial charge < -0.3 is 15.7 Å². The molecule has 0 aromatic heterocycles. The molecule has 0 aliphatic rings. The second-order valence-corrected chi connectivity index (χ2v) is 13.7. The van der Waals surface area contributed by atoms with Gasteiger partial charge in [0.25, 0.3) is 0 Å². The summed E-state index contributed by atoms with van der Waals surface area (Å²) < 4.78 is 0. The van der Waals surface area contributed by atoms with E-state index >= 15 is 0 Å². The van der Waals surface area contributed by atoms with Gasteiger partial charge in [-0.1, -0.05) is 194 Å². The smallest absolute Gasteiger partial charge is 0.328 e. The van der Waals surface area contributed by atoms with Gasteiger partial charge in [-0.25, -0.2) is 4.79 Å². The number of hydrogen-bond acceptors (Lipinski definition) is 3. The fourth-order valence-electron chi connectivity index (χ4n) is 6.08. The average molecular weight is 637 g/mol. The summed E-state index contributed by atoms with van der Waals surface area (Å²) in [4.78, 5) is 36.1. The molecule has 0 saturated heterocycles. The standard InChI is InChI=1S/C39H76N2O4/c1-3-5-7-9-11-13-15-17-19-21-23-25-27-29-31-33-37(42)40-35-36(39(44)45)41-38(43)34-32-30-28-26-24-22-20-18-16-14-12-10-8-6-4-2/h36H,3-35H2,1-2H3,(H,40,42)(H,41,43)(H,44,45). The predicted octanol–water partition coefficient (Wildman–Crippen LogP) is 11.2. The first-order chi connectivity index (χ1) is 22.0. The van der Waals surface area contributed by atoms with E-state index in [9.17, 15) is 19.5 Å². The van der Waals surface area contributed by atoms with E-state index in [0.717, 1.165) is 38.5 Å². The van der Waals surface area contributed by atoms with Gasteiger partial charge >= 0.3 is 5.97 Å². The lowest BCUT2D eigenvalue weighted by Crippen LogP contribution is -2.48. The summed E-state index contributed by atoms with van der Waals surface area (Å²) in [5.74, 6) is -1.48. The largest absolute Gasteiger partial charge is 0.480 e. The molecule has 0 bridgehead atoms. The normalized spacial score (nSPS) is 11.9. The van der Waals surface area contributed by atoms with Crippen LogP contribution in [0.1, 0.15) is 219 Å². The first-order valence-electron chi connectivity index (χ1n) is 19.8. The van der Waals surface area contributed by atoms with E-state index in [1.54, 1.807) is 0 Å². The molecule has 1 atom stereocenters. The highest BCUT2D eigenvalue weighted by Gasteiger charge is 2.20. The Labute approximate surface area is 279 Å². The molecule has 0 saturated carbocycles. The van der Waals surface area contributed by atoms with Crippen LogP contribution in [0, 0.1) is 0 Å². The van der Waals surface area contributed by atoms with Gasteiger partial charge in [0.2, 0.25) is 11.8 Å². The minimum atomic E-state index is -1.10. The molecular formula is C39H76N2O4. The quantitative estimate of drug-likeness (QED) is 0.0596. The van der Waals surface area contributed by atoms with Crippen molar-refractivity contribution < 1.29 is 19.5 Å². The number of hydrogen-bond donors (Lipinski definition) is 3. The topological polar surface area (TPSA) is 95.5 Å². The number of nitrogens with one attached hydrogen (secondary N) is 2. The second-order valence-electron chi connectivity index (χ2n) is 13.7. The van der Waals surface area contributed by atoms with Gasteiger partial charge in [-0.2, -0.15) is 0 Å². The Kier molecular flexibility index (Phi) is 34.0. The van der Waals surface area contributed by atoms with E-state index in [-0.39, 0.29) is 18.4 Å². The molecule has 3 N–H and O–H groups in total. The summed E-state index contributed by atoms with van der Waals surface area (Å²) in [5, 5.41) is 14.8. The van der Waals surface area contributed by atoms with Crippen molar-refractivity contribution in [2.45, 2.75) is 225 Å². The predicted molar refractivity (Wildman–Crippen MR) is 192 cm³/mol. The molecule has 0 aromatic rings. The van der Waals surface area contributed by atoms with E-state index in [1.165, 1.54) is 154 Å². The zero-order chi connectivity index (χ0) is 33.1. The van der Waals surface area contributed by atoms with Crippen LogP contribution in [0.3, 0.4) is 0 Å². The van der Waals surface area contributed by atoms with Gasteiger partial charge in [0.1, 0.15) is 6.04 Å². The van der Waals surface area contributed by atoms with Crippen LogP contribution in [0.5, 0.6) is 0 Å². The Balaban J connectivity index is 3.61. The summed E-state index contributed by atoms with van der Waals surface area (Å²) in [6.45, 7) is 4.47. The van der Waals surface area contributed by atoms with E-state index in [0.29, 0.717) is 12.8 Å². The third kappa shape index (κ3) is 33.6. The zero-order valence-corrected chi connectivity index (χ0v) is 30.1. The van der Waals surface area contributed by atoms with Crippen molar-refractivity contribution in [1.82, 2.24) is 10.6 Å². The molecule has 6 heteroatoms. The maximum atomic E-state index is 12.3. The van der Waals surface area contributed by atoms with Crippen LogP contribution in [-0.4, -0.2) is 35.5 Å². The van der Waals surface area contributed by atoms with Crippen LogP contribution in [0.4, 0.5) is 0 Å². The number of carboxylic acid groups (broad SMARTS) is 1. The fourth-order valence-corrected chi connectivity index (χ4v) is 6.08. The summed E-state index contributed by atoms with van der Waals surface area (Å²) in [5.41, 5.74) is 0. The molecule has 0 aliphatic carbocycles. The monoisotopic (exact) mass is 637 g/mol. The van der Waals surface area contributed by atoms with Crippen LogP contribution in [-0.2, 0) is 14.4 Å². The lowest BCUT2D eigenvalue weighted by atomic mass is 10.0.